The topological polar surface area (TPSA) is 55.2 Å². The fourth-order valence-electron chi connectivity index (χ4n) is 1.96. The SMILES string of the molecule is O=[N+]([O-])c1cc(Cl)ccc1CNCC1CCC1. The molecule has 0 heterocycles. The maximum absolute atomic E-state index is 10.9. The third kappa shape index (κ3) is 3.17. The second-order valence-electron chi connectivity index (χ2n) is 4.46. The number of benzene rings is 1. The Balaban J connectivity index is 1.96. The Morgan fingerprint density at radius 1 is 1.47 bits per heavy atom. The Kier molecular flexibility index (Phi) is 3.97. The van der Waals surface area contributed by atoms with Crippen LogP contribution in [0.1, 0.15) is 24.8 Å². The highest BCUT2D eigenvalue weighted by molar-refractivity contribution is 6.30. The van der Waals surface area contributed by atoms with Crippen LogP contribution < -0.4 is 5.32 Å². The van der Waals surface area contributed by atoms with Gasteiger partial charge in [0.05, 0.1) is 4.92 Å². The van der Waals surface area contributed by atoms with Crippen LogP contribution in [0, 0.1) is 16.0 Å². The molecule has 0 amide bonds. The Morgan fingerprint density at radius 3 is 2.82 bits per heavy atom. The molecule has 4 nitrogen and oxygen atoms in total. The fraction of sp³-hybridized carbons (Fsp3) is 0.500. The van der Waals surface area contributed by atoms with Crippen LogP contribution in [0.2, 0.25) is 5.02 Å². The Labute approximate surface area is 105 Å². The lowest BCUT2D eigenvalue weighted by Gasteiger charge is -2.25. The van der Waals surface area contributed by atoms with E-state index >= 15 is 0 Å². The first-order valence-corrected chi connectivity index (χ1v) is 6.18. The fourth-order valence-corrected chi connectivity index (χ4v) is 2.13. The molecule has 17 heavy (non-hydrogen) atoms. The van der Waals surface area contributed by atoms with Crippen LogP contribution in [0.15, 0.2) is 18.2 Å². The monoisotopic (exact) mass is 254 g/mol. The molecule has 0 unspecified atom stereocenters. The number of nitrogens with one attached hydrogen (secondary N) is 1. The van der Waals surface area contributed by atoms with Gasteiger partial charge in [-0.2, -0.15) is 0 Å². The van der Waals surface area contributed by atoms with E-state index in [9.17, 15) is 10.1 Å². The van der Waals surface area contributed by atoms with E-state index in [2.05, 4.69) is 5.32 Å². The number of rotatable bonds is 5. The van der Waals surface area contributed by atoms with Gasteiger partial charge in [-0.1, -0.05) is 18.0 Å². The van der Waals surface area contributed by atoms with E-state index < -0.39 is 0 Å². The van der Waals surface area contributed by atoms with E-state index in [4.69, 9.17) is 11.6 Å². The molecule has 1 saturated carbocycles. The van der Waals surface area contributed by atoms with E-state index in [1.807, 2.05) is 0 Å². The molecule has 0 radical (unpaired) electrons. The van der Waals surface area contributed by atoms with E-state index in [0.717, 1.165) is 12.5 Å². The van der Waals surface area contributed by atoms with Crippen molar-refractivity contribution in [2.75, 3.05) is 6.54 Å². The summed E-state index contributed by atoms with van der Waals surface area (Å²) in [6, 6.07) is 4.81. The largest absolute Gasteiger partial charge is 0.312 e. The van der Waals surface area contributed by atoms with Crippen LogP contribution in [0.5, 0.6) is 0 Å². The number of hydrogen-bond acceptors (Lipinski definition) is 3. The lowest BCUT2D eigenvalue weighted by Crippen LogP contribution is -2.27. The second kappa shape index (κ2) is 5.47. The van der Waals surface area contributed by atoms with Gasteiger partial charge in [0.15, 0.2) is 0 Å². The zero-order chi connectivity index (χ0) is 12.3. The Bertz CT molecular complexity index is 419. The molecule has 1 fully saturated rings. The van der Waals surface area contributed by atoms with E-state index in [1.54, 1.807) is 12.1 Å². The predicted molar refractivity (Wildman–Crippen MR) is 67.2 cm³/mol. The van der Waals surface area contributed by atoms with Crippen molar-refractivity contribution < 1.29 is 4.92 Å². The lowest BCUT2D eigenvalue weighted by molar-refractivity contribution is -0.385. The first kappa shape index (κ1) is 12.3. The van der Waals surface area contributed by atoms with Gasteiger partial charge in [0, 0.05) is 23.2 Å². The van der Waals surface area contributed by atoms with Crippen LogP contribution in [-0.4, -0.2) is 11.5 Å². The molecule has 0 saturated heterocycles. The molecule has 1 aromatic rings. The predicted octanol–water partition coefficient (Wildman–Crippen LogP) is 3.14. The Hall–Kier alpha value is -1.13. The lowest BCUT2D eigenvalue weighted by atomic mass is 9.85. The van der Waals surface area contributed by atoms with Gasteiger partial charge in [0.1, 0.15) is 0 Å². The van der Waals surface area contributed by atoms with Gasteiger partial charge in [0.25, 0.3) is 5.69 Å². The van der Waals surface area contributed by atoms with E-state index in [-0.39, 0.29) is 10.6 Å². The van der Waals surface area contributed by atoms with Gasteiger partial charge in [0.2, 0.25) is 0 Å². The number of nitro benzene ring substituents is 1. The van der Waals surface area contributed by atoms with Crippen molar-refractivity contribution in [2.45, 2.75) is 25.8 Å². The molecule has 1 aromatic carbocycles. The summed E-state index contributed by atoms with van der Waals surface area (Å²) in [6.45, 7) is 1.48. The molecule has 1 aliphatic carbocycles. The standard InChI is InChI=1S/C12H15ClN2O2/c13-11-5-4-10(12(6-11)15(16)17)8-14-7-9-2-1-3-9/h4-6,9,14H,1-3,7-8H2. The second-order valence-corrected chi connectivity index (χ2v) is 4.89. The molecule has 92 valence electrons. The number of nitro groups is 1. The molecule has 1 aliphatic rings. The highest BCUT2D eigenvalue weighted by Gasteiger charge is 2.18. The molecule has 0 aliphatic heterocycles. The van der Waals surface area contributed by atoms with Crippen LogP contribution in [0.4, 0.5) is 5.69 Å². The van der Waals surface area contributed by atoms with Crippen LogP contribution in [-0.2, 0) is 6.54 Å². The normalized spacial score (nSPS) is 15.6. The maximum Gasteiger partial charge on any atom is 0.275 e. The van der Waals surface area contributed by atoms with Gasteiger partial charge in [-0.25, -0.2) is 0 Å². The average Bonchev–Trinajstić information content (AvgIpc) is 2.23. The number of halogens is 1. The summed E-state index contributed by atoms with van der Waals surface area (Å²) in [5.74, 6) is 0.751. The van der Waals surface area contributed by atoms with Crippen molar-refractivity contribution in [2.24, 2.45) is 5.92 Å². The molecule has 0 aromatic heterocycles. The van der Waals surface area contributed by atoms with Crippen LogP contribution >= 0.6 is 11.6 Å². The van der Waals surface area contributed by atoms with Gasteiger partial charge in [-0.05, 0) is 37.4 Å². The van der Waals surface area contributed by atoms with Crippen molar-refractivity contribution >= 4 is 17.3 Å². The average molecular weight is 255 g/mol. The third-order valence-corrected chi connectivity index (χ3v) is 3.45. The van der Waals surface area contributed by atoms with Crippen molar-refractivity contribution in [3.63, 3.8) is 0 Å². The first-order chi connectivity index (χ1) is 8.16. The number of nitrogens with zero attached hydrogens (tertiary/aromatic N) is 1. The zero-order valence-electron chi connectivity index (χ0n) is 9.49. The zero-order valence-corrected chi connectivity index (χ0v) is 10.2. The minimum Gasteiger partial charge on any atom is -0.312 e. The van der Waals surface area contributed by atoms with E-state index in [0.29, 0.717) is 17.1 Å². The minimum atomic E-state index is -0.383. The van der Waals surface area contributed by atoms with E-state index in [1.165, 1.54) is 25.3 Å². The third-order valence-electron chi connectivity index (χ3n) is 3.22. The van der Waals surface area contributed by atoms with Crippen molar-refractivity contribution in [3.8, 4) is 0 Å². The van der Waals surface area contributed by atoms with Crippen LogP contribution in [0.25, 0.3) is 0 Å². The molecular formula is C12H15ClN2O2. The summed E-state index contributed by atoms with van der Waals surface area (Å²) < 4.78 is 0. The molecule has 1 N–H and O–H groups in total. The van der Waals surface area contributed by atoms with Gasteiger partial charge in [-0.15, -0.1) is 0 Å². The highest BCUT2D eigenvalue weighted by Crippen LogP contribution is 2.26. The van der Waals surface area contributed by atoms with Gasteiger partial charge < -0.3 is 5.32 Å². The van der Waals surface area contributed by atoms with Gasteiger partial charge >= 0.3 is 0 Å². The smallest absolute Gasteiger partial charge is 0.275 e. The summed E-state index contributed by atoms with van der Waals surface area (Å²) in [7, 11) is 0. The molecule has 0 spiro atoms. The molecule has 0 atom stereocenters. The summed E-state index contributed by atoms with van der Waals surface area (Å²) in [5, 5.41) is 14.5. The quantitative estimate of drug-likeness (QED) is 0.649. The van der Waals surface area contributed by atoms with Crippen molar-refractivity contribution in [1.29, 1.82) is 0 Å². The van der Waals surface area contributed by atoms with Crippen LogP contribution in [0.3, 0.4) is 0 Å². The summed E-state index contributed by atoms with van der Waals surface area (Å²) in [5.41, 5.74) is 0.789. The molecule has 0 bridgehead atoms. The van der Waals surface area contributed by atoms with Gasteiger partial charge in [-0.3, -0.25) is 10.1 Å². The Morgan fingerprint density at radius 2 is 2.24 bits per heavy atom. The molecule has 2 rings (SSSR count). The molecule has 5 heteroatoms. The maximum atomic E-state index is 10.9. The van der Waals surface area contributed by atoms with Crippen molar-refractivity contribution in [1.82, 2.24) is 5.32 Å². The minimum absolute atomic E-state index is 0.0959. The summed E-state index contributed by atoms with van der Waals surface area (Å²) >= 11 is 5.75. The highest BCUT2D eigenvalue weighted by atomic mass is 35.5. The van der Waals surface area contributed by atoms with Crippen molar-refractivity contribution in [3.05, 3.63) is 38.9 Å². The summed E-state index contributed by atoms with van der Waals surface area (Å²) in [6.07, 6.45) is 3.86. The molecular weight excluding hydrogens is 240 g/mol. The number of hydrogen-bond donors (Lipinski definition) is 1. The summed E-state index contributed by atoms with van der Waals surface area (Å²) in [4.78, 5) is 10.5. The first-order valence-electron chi connectivity index (χ1n) is 5.80.